The molecule has 3 aromatic rings. The Morgan fingerprint density at radius 2 is 2.10 bits per heavy atom. The van der Waals surface area contributed by atoms with E-state index < -0.39 is 0 Å². The van der Waals surface area contributed by atoms with E-state index >= 15 is 0 Å². The number of nitrogens with zero attached hydrogens (tertiary/aromatic N) is 2. The predicted octanol–water partition coefficient (Wildman–Crippen LogP) is 3.42. The summed E-state index contributed by atoms with van der Waals surface area (Å²) in [6, 6.07) is 9.90. The number of carbonyl (C=O) groups excluding carboxylic acids is 1. The molecular weight excluding hydrogens is 290 g/mol. The van der Waals surface area contributed by atoms with Crippen LogP contribution in [0.2, 0.25) is 0 Å². The number of nitrogens with one attached hydrogen (secondary N) is 1. The number of para-hydroxylation sites is 1. The van der Waals surface area contributed by atoms with E-state index in [1.807, 2.05) is 35.7 Å². The number of pyridine rings is 1. The van der Waals surface area contributed by atoms with Crippen LogP contribution in [-0.4, -0.2) is 21.6 Å². The van der Waals surface area contributed by atoms with Crippen molar-refractivity contribution in [2.75, 3.05) is 11.1 Å². The maximum Gasteiger partial charge on any atom is 0.236 e. The second kappa shape index (κ2) is 6.02. The van der Waals surface area contributed by atoms with Gasteiger partial charge in [-0.25, -0.2) is 4.98 Å². The number of aromatic nitrogens is 2. The molecule has 2 aromatic heterocycles. The Balaban J connectivity index is 1.69. The lowest BCUT2D eigenvalue weighted by Crippen LogP contribution is -2.13. The summed E-state index contributed by atoms with van der Waals surface area (Å²) in [5.74, 6) is 0.285. The zero-order valence-corrected chi connectivity index (χ0v) is 12.1. The van der Waals surface area contributed by atoms with Gasteiger partial charge in [-0.2, -0.15) is 0 Å². The van der Waals surface area contributed by atoms with Crippen molar-refractivity contribution < 1.29 is 4.79 Å². The number of anilines is 1. The first-order valence-corrected chi connectivity index (χ1v) is 7.85. The minimum atomic E-state index is -0.0575. The van der Waals surface area contributed by atoms with Crippen molar-refractivity contribution in [3.63, 3.8) is 0 Å². The van der Waals surface area contributed by atoms with Crippen LogP contribution in [0.15, 0.2) is 53.0 Å². The van der Waals surface area contributed by atoms with Crippen LogP contribution in [0.5, 0.6) is 0 Å². The largest absolute Gasteiger partial charge is 0.301 e. The maximum atomic E-state index is 11.8. The molecule has 3 rings (SSSR count). The number of hydrogen-bond donors (Lipinski definition) is 1. The van der Waals surface area contributed by atoms with Gasteiger partial charge in [0.1, 0.15) is 0 Å². The second-order valence-electron chi connectivity index (χ2n) is 4.01. The molecule has 0 spiro atoms. The fraction of sp³-hybridized carbons (Fsp3) is 0.0714. The molecule has 0 unspecified atom stereocenters. The third-order valence-corrected chi connectivity index (χ3v) is 4.37. The van der Waals surface area contributed by atoms with Gasteiger partial charge in [0.25, 0.3) is 0 Å². The van der Waals surface area contributed by atoms with Crippen LogP contribution in [-0.2, 0) is 4.79 Å². The Hall–Kier alpha value is -1.92. The van der Waals surface area contributed by atoms with Crippen molar-refractivity contribution in [1.82, 2.24) is 9.97 Å². The first-order chi connectivity index (χ1) is 9.83. The lowest BCUT2D eigenvalue weighted by molar-refractivity contribution is -0.113. The van der Waals surface area contributed by atoms with E-state index in [1.165, 1.54) is 23.1 Å². The van der Waals surface area contributed by atoms with Crippen LogP contribution in [0.4, 0.5) is 5.13 Å². The smallest absolute Gasteiger partial charge is 0.236 e. The average Bonchev–Trinajstić information content (AvgIpc) is 2.98. The van der Waals surface area contributed by atoms with Gasteiger partial charge in [-0.1, -0.05) is 18.2 Å². The highest BCUT2D eigenvalue weighted by molar-refractivity contribution is 8.00. The molecule has 1 N–H and O–H groups in total. The van der Waals surface area contributed by atoms with E-state index in [9.17, 15) is 4.79 Å². The highest BCUT2D eigenvalue weighted by atomic mass is 32.2. The summed E-state index contributed by atoms with van der Waals surface area (Å²) in [5.41, 5.74) is 0.932. The molecule has 4 nitrogen and oxygen atoms in total. The molecule has 0 saturated heterocycles. The number of fused-ring (bicyclic) bond motifs is 1. The first-order valence-electron chi connectivity index (χ1n) is 5.99. The van der Waals surface area contributed by atoms with Gasteiger partial charge in [-0.05, 0) is 12.1 Å². The molecule has 20 heavy (non-hydrogen) atoms. The summed E-state index contributed by atoms with van der Waals surface area (Å²) < 4.78 is 0. The number of benzene rings is 1. The van der Waals surface area contributed by atoms with Crippen molar-refractivity contribution in [2.45, 2.75) is 4.90 Å². The number of hydrogen-bond acceptors (Lipinski definition) is 5. The number of rotatable bonds is 4. The molecule has 0 aliphatic rings. The molecule has 0 aliphatic carbocycles. The highest BCUT2D eigenvalue weighted by Crippen LogP contribution is 2.26. The molecule has 0 aliphatic heterocycles. The van der Waals surface area contributed by atoms with E-state index in [2.05, 4.69) is 15.3 Å². The average molecular weight is 301 g/mol. The predicted molar refractivity (Wildman–Crippen MR) is 83.2 cm³/mol. The minimum absolute atomic E-state index is 0.0575. The summed E-state index contributed by atoms with van der Waals surface area (Å²) in [5, 5.41) is 6.31. The summed E-state index contributed by atoms with van der Waals surface area (Å²) in [7, 11) is 0. The zero-order chi connectivity index (χ0) is 13.8. The quantitative estimate of drug-likeness (QED) is 0.750. The van der Waals surface area contributed by atoms with Gasteiger partial charge in [-0.3, -0.25) is 9.78 Å². The van der Waals surface area contributed by atoms with Crippen molar-refractivity contribution in [2.24, 2.45) is 0 Å². The van der Waals surface area contributed by atoms with E-state index in [0.29, 0.717) is 10.9 Å². The Bertz CT molecular complexity index is 723. The lowest BCUT2D eigenvalue weighted by Gasteiger charge is -2.05. The van der Waals surface area contributed by atoms with Crippen molar-refractivity contribution in [3.05, 3.63) is 48.1 Å². The molecule has 0 radical (unpaired) electrons. The van der Waals surface area contributed by atoms with Gasteiger partial charge in [0, 0.05) is 28.1 Å². The molecule has 1 aromatic carbocycles. The van der Waals surface area contributed by atoms with Gasteiger partial charge < -0.3 is 5.32 Å². The summed E-state index contributed by atoms with van der Waals surface area (Å²) in [6.07, 6.45) is 3.43. The SMILES string of the molecule is O=C(CSc1cccc2cccnc12)Nc1nccs1. The standard InChI is InChI=1S/C14H11N3OS2/c18-12(17-14-16-7-8-19-14)9-20-11-5-1-3-10-4-2-6-15-13(10)11/h1-8H,9H2,(H,16,17,18). The molecule has 6 heteroatoms. The molecule has 100 valence electrons. The van der Waals surface area contributed by atoms with E-state index in [-0.39, 0.29) is 5.91 Å². The minimum Gasteiger partial charge on any atom is -0.301 e. The van der Waals surface area contributed by atoms with Gasteiger partial charge >= 0.3 is 0 Å². The fourth-order valence-electron chi connectivity index (χ4n) is 1.78. The van der Waals surface area contributed by atoms with Crippen LogP contribution < -0.4 is 5.32 Å². The van der Waals surface area contributed by atoms with Gasteiger partial charge in [-0.15, -0.1) is 23.1 Å². The van der Waals surface area contributed by atoms with Crippen LogP contribution in [0.1, 0.15) is 0 Å². The fourth-order valence-corrected chi connectivity index (χ4v) is 3.16. The number of amides is 1. The summed E-state index contributed by atoms with van der Waals surface area (Å²) in [6.45, 7) is 0. The lowest BCUT2D eigenvalue weighted by atomic mass is 10.2. The van der Waals surface area contributed by atoms with Crippen LogP contribution in [0.25, 0.3) is 10.9 Å². The Morgan fingerprint density at radius 3 is 2.95 bits per heavy atom. The normalized spacial score (nSPS) is 10.6. The van der Waals surface area contributed by atoms with E-state index in [4.69, 9.17) is 0 Å². The number of thioether (sulfide) groups is 1. The Morgan fingerprint density at radius 1 is 1.20 bits per heavy atom. The van der Waals surface area contributed by atoms with E-state index in [1.54, 1.807) is 12.4 Å². The molecule has 0 bridgehead atoms. The molecule has 0 atom stereocenters. The third kappa shape index (κ3) is 2.97. The maximum absolute atomic E-state index is 11.8. The van der Waals surface area contributed by atoms with Crippen LogP contribution in [0, 0.1) is 0 Å². The van der Waals surface area contributed by atoms with Crippen LogP contribution >= 0.6 is 23.1 Å². The van der Waals surface area contributed by atoms with Crippen molar-refractivity contribution in [1.29, 1.82) is 0 Å². The summed E-state index contributed by atoms with van der Waals surface area (Å²) >= 11 is 2.89. The zero-order valence-electron chi connectivity index (χ0n) is 10.4. The van der Waals surface area contributed by atoms with Gasteiger partial charge in [0.2, 0.25) is 5.91 Å². The molecular formula is C14H11N3OS2. The number of carbonyl (C=O) groups is 1. The topological polar surface area (TPSA) is 54.9 Å². The Kier molecular flexibility index (Phi) is 3.94. The monoisotopic (exact) mass is 301 g/mol. The van der Waals surface area contributed by atoms with Gasteiger partial charge in [0.05, 0.1) is 11.3 Å². The van der Waals surface area contributed by atoms with Gasteiger partial charge in [0.15, 0.2) is 5.13 Å². The first kappa shape index (κ1) is 13.1. The summed E-state index contributed by atoms with van der Waals surface area (Å²) in [4.78, 5) is 21.2. The highest BCUT2D eigenvalue weighted by Gasteiger charge is 2.07. The molecule has 0 saturated carbocycles. The molecule has 0 fully saturated rings. The second-order valence-corrected chi connectivity index (χ2v) is 5.92. The van der Waals surface area contributed by atoms with Crippen LogP contribution in [0.3, 0.4) is 0 Å². The van der Waals surface area contributed by atoms with E-state index in [0.717, 1.165) is 15.8 Å². The Labute approximate surface area is 124 Å². The van der Waals surface area contributed by atoms with Crippen molar-refractivity contribution >= 4 is 45.0 Å². The third-order valence-electron chi connectivity index (χ3n) is 2.63. The number of thiazole rings is 1. The molecule has 1 amide bonds. The molecule has 2 heterocycles. The van der Waals surface area contributed by atoms with Crippen molar-refractivity contribution in [3.8, 4) is 0 Å².